The Morgan fingerprint density at radius 2 is 1.92 bits per heavy atom. The fourth-order valence-corrected chi connectivity index (χ4v) is 3.28. The summed E-state index contributed by atoms with van der Waals surface area (Å²) in [7, 11) is 0. The Bertz CT molecular complexity index is 755. The number of nitrogens with two attached hydrogens (primary N) is 1. The maximum Gasteiger partial charge on any atom is 0.257 e. The van der Waals surface area contributed by atoms with Gasteiger partial charge in [-0.1, -0.05) is 38.5 Å². The van der Waals surface area contributed by atoms with Gasteiger partial charge in [-0.25, -0.2) is 4.68 Å². The van der Waals surface area contributed by atoms with E-state index in [0.29, 0.717) is 12.1 Å². The molecule has 1 aromatic heterocycles. The first kappa shape index (κ1) is 17.7. The monoisotopic (exact) mass is 340 g/mol. The average Bonchev–Trinajstić information content (AvgIpc) is 3.00. The minimum Gasteiger partial charge on any atom is -0.337 e. The second-order valence-electron chi connectivity index (χ2n) is 8.07. The molecule has 1 amide bonds. The Morgan fingerprint density at radius 1 is 1.24 bits per heavy atom. The van der Waals surface area contributed by atoms with Crippen LogP contribution in [0.3, 0.4) is 0 Å². The molecule has 1 aliphatic rings. The first-order valence-electron chi connectivity index (χ1n) is 8.98. The predicted molar refractivity (Wildman–Crippen MR) is 100 cm³/mol. The van der Waals surface area contributed by atoms with Crippen molar-refractivity contribution in [1.82, 2.24) is 14.7 Å². The van der Waals surface area contributed by atoms with Crippen molar-refractivity contribution in [2.45, 2.75) is 52.0 Å². The maximum absolute atomic E-state index is 13.1. The SMILES string of the molecule is Cc1ccc(-n2cc(C(=O)N3CCCC(N)C3)c(C(C)(C)C)n2)cc1. The summed E-state index contributed by atoms with van der Waals surface area (Å²) >= 11 is 0. The first-order chi connectivity index (χ1) is 11.8. The molecule has 2 N–H and O–H groups in total. The van der Waals surface area contributed by atoms with Gasteiger partial charge in [0.2, 0.25) is 0 Å². The van der Waals surface area contributed by atoms with Gasteiger partial charge in [-0.2, -0.15) is 5.10 Å². The van der Waals surface area contributed by atoms with Gasteiger partial charge in [-0.3, -0.25) is 4.79 Å². The lowest BCUT2D eigenvalue weighted by Crippen LogP contribution is -2.46. The summed E-state index contributed by atoms with van der Waals surface area (Å²) < 4.78 is 1.82. The van der Waals surface area contributed by atoms with Crippen molar-refractivity contribution < 1.29 is 4.79 Å². The van der Waals surface area contributed by atoms with Gasteiger partial charge in [0.1, 0.15) is 0 Å². The van der Waals surface area contributed by atoms with E-state index in [1.165, 1.54) is 5.56 Å². The Balaban J connectivity index is 1.99. The summed E-state index contributed by atoms with van der Waals surface area (Å²) in [6.07, 6.45) is 3.82. The number of rotatable bonds is 2. The van der Waals surface area contributed by atoms with Crippen LogP contribution in [-0.4, -0.2) is 39.7 Å². The minimum atomic E-state index is -0.209. The highest BCUT2D eigenvalue weighted by atomic mass is 16.2. The van der Waals surface area contributed by atoms with Crippen molar-refractivity contribution >= 4 is 5.91 Å². The van der Waals surface area contributed by atoms with Crippen molar-refractivity contribution in [2.75, 3.05) is 13.1 Å². The van der Waals surface area contributed by atoms with Crippen LogP contribution >= 0.6 is 0 Å². The molecule has 0 radical (unpaired) electrons. The summed E-state index contributed by atoms with van der Waals surface area (Å²) in [4.78, 5) is 15.0. The third kappa shape index (κ3) is 3.76. The fourth-order valence-electron chi connectivity index (χ4n) is 3.28. The van der Waals surface area contributed by atoms with Crippen molar-refractivity contribution in [2.24, 2.45) is 5.73 Å². The number of nitrogens with zero attached hydrogens (tertiary/aromatic N) is 3. The average molecular weight is 340 g/mol. The molecule has 2 heterocycles. The lowest BCUT2D eigenvalue weighted by molar-refractivity contribution is 0.0706. The molecule has 1 unspecified atom stereocenters. The van der Waals surface area contributed by atoms with Gasteiger partial charge in [0.05, 0.1) is 16.9 Å². The number of amides is 1. The molecule has 134 valence electrons. The van der Waals surface area contributed by atoms with Gasteiger partial charge in [0, 0.05) is 30.7 Å². The van der Waals surface area contributed by atoms with Gasteiger partial charge in [-0.15, -0.1) is 0 Å². The molecule has 1 aliphatic heterocycles. The summed E-state index contributed by atoms with van der Waals surface area (Å²) in [6, 6.07) is 8.24. The zero-order valence-electron chi connectivity index (χ0n) is 15.6. The molecule has 2 aromatic rings. The van der Waals surface area contributed by atoms with Crippen LogP contribution < -0.4 is 5.73 Å². The number of piperidine rings is 1. The van der Waals surface area contributed by atoms with Crippen LogP contribution in [0.15, 0.2) is 30.5 Å². The van der Waals surface area contributed by atoms with Crippen LogP contribution in [-0.2, 0) is 5.41 Å². The third-order valence-electron chi connectivity index (χ3n) is 4.70. The van der Waals surface area contributed by atoms with E-state index >= 15 is 0 Å². The van der Waals surface area contributed by atoms with Gasteiger partial charge in [-0.05, 0) is 31.9 Å². The molecule has 0 spiro atoms. The Kier molecular flexibility index (Phi) is 4.69. The van der Waals surface area contributed by atoms with Crippen LogP contribution in [0, 0.1) is 6.92 Å². The van der Waals surface area contributed by atoms with Crippen LogP contribution in [0.2, 0.25) is 0 Å². The number of aryl methyl sites for hydroxylation is 1. The van der Waals surface area contributed by atoms with E-state index in [2.05, 4.69) is 39.8 Å². The van der Waals surface area contributed by atoms with Crippen molar-refractivity contribution in [3.8, 4) is 5.69 Å². The largest absolute Gasteiger partial charge is 0.337 e. The number of carbonyl (C=O) groups is 1. The van der Waals surface area contributed by atoms with Crippen LogP contribution in [0.4, 0.5) is 0 Å². The number of hydrogen-bond acceptors (Lipinski definition) is 3. The van der Waals surface area contributed by atoms with Crippen LogP contribution in [0.1, 0.15) is 55.2 Å². The minimum absolute atomic E-state index is 0.0402. The van der Waals surface area contributed by atoms with Crippen molar-refractivity contribution in [3.63, 3.8) is 0 Å². The quantitative estimate of drug-likeness (QED) is 0.914. The standard InChI is InChI=1S/C20H28N4O/c1-14-7-9-16(10-8-14)24-13-17(18(22-24)20(2,3)4)19(25)23-11-5-6-15(21)12-23/h7-10,13,15H,5-6,11-12,21H2,1-4H3. The van der Waals surface area contributed by atoms with E-state index in [1.807, 2.05) is 27.9 Å². The number of carbonyl (C=O) groups excluding carboxylic acids is 1. The molecule has 1 saturated heterocycles. The number of benzene rings is 1. The normalized spacial score (nSPS) is 18.4. The number of hydrogen-bond donors (Lipinski definition) is 1. The third-order valence-corrected chi connectivity index (χ3v) is 4.70. The first-order valence-corrected chi connectivity index (χ1v) is 8.98. The zero-order valence-corrected chi connectivity index (χ0v) is 15.6. The Morgan fingerprint density at radius 3 is 2.52 bits per heavy atom. The highest BCUT2D eigenvalue weighted by Gasteiger charge is 2.30. The van der Waals surface area contributed by atoms with E-state index in [9.17, 15) is 4.79 Å². The summed E-state index contributed by atoms with van der Waals surface area (Å²) in [5.41, 5.74) is 9.53. The fraction of sp³-hybridized carbons (Fsp3) is 0.500. The molecule has 5 nitrogen and oxygen atoms in total. The van der Waals surface area contributed by atoms with Crippen LogP contribution in [0.5, 0.6) is 0 Å². The van der Waals surface area contributed by atoms with E-state index in [4.69, 9.17) is 10.8 Å². The molecule has 1 atom stereocenters. The highest BCUT2D eigenvalue weighted by molar-refractivity contribution is 5.95. The molecule has 0 saturated carbocycles. The van der Waals surface area contributed by atoms with Gasteiger partial charge in [0.25, 0.3) is 5.91 Å². The molecule has 1 fully saturated rings. The molecule has 0 bridgehead atoms. The van der Waals surface area contributed by atoms with Crippen molar-refractivity contribution in [1.29, 1.82) is 0 Å². The van der Waals surface area contributed by atoms with E-state index in [1.54, 1.807) is 0 Å². The van der Waals surface area contributed by atoms with Gasteiger partial charge < -0.3 is 10.6 Å². The summed E-state index contributed by atoms with van der Waals surface area (Å²) in [6.45, 7) is 9.72. The van der Waals surface area contributed by atoms with Crippen molar-refractivity contribution in [3.05, 3.63) is 47.3 Å². The zero-order chi connectivity index (χ0) is 18.2. The highest BCUT2D eigenvalue weighted by Crippen LogP contribution is 2.27. The molecule has 1 aromatic carbocycles. The van der Waals surface area contributed by atoms with E-state index in [-0.39, 0.29) is 17.4 Å². The second kappa shape index (κ2) is 6.64. The molecule has 25 heavy (non-hydrogen) atoms. The lowest BCUT2D eigenvalue weighted by atomic mass is 9.89. The molecule has 0 aliphatic carbocycles. The molecule has 3 rings (SSSR count). The van der Waals surface area contributed by atoms with Gasteiger partial charge >= 0.3 is 0 Å². The molecular weight excluding hydrogens is 312 g/mol. The topological polar surface area (TPSA) is 64.2 Å². The number of aromatic nitrogens is 2. The van der Waals surface area contributed by atoms with E-state index in [0.717, 1.165) is 30.8 Å². The van der Waals surface area contributed by atoms with E-state index < -0.39 is 0 Å². The second-order valence-corrected chi connectivity index (χ2v) is 8.07. The predicted octanol–water partition coefficient (Wildman–Crippen LogP) is 3.04. The summed E-state index contributed by atoms with van der Waals surface area (Å²) in [5, 5.41) is 4.75. The Labute approximate surface area is 149 Å². The Hall–Kier alpha value is -2.14. The number of likely N-dealkylation sites (tertiary alicyclic amines) is 1. The van der Waals surface area contributed by atoms with Gasteiger partial charge in [0.15, 0.2) is 0 Å². The molecular formula is C20H28N4O. The van der Waals surface area contributed by atoms with Crippen LogP contribution in [0.25, 0.3) is 5.69 Å². The lowest BCUT2D eigenvalue weighted by Gasteiger charge is -2.31. The maximum atomic E-state index is 13.1. The summed E-state index contributed by atoms with van der Waals surface area (Å²) in [5.74, 6) is 0.0402. The smallest absolute Gasteiger partial charge is 0.257 e. The molecule has 5 heteroatoms.